The smallest absolute Gasteiger partial charge is 0.374 e. The van der Waals surface area contributed by atoms with Crippen molar-refractivity contribution in [3.63, 3.8) is 0 Å². The van der Waals surface area contributed by atoms with Crippen LogP contribution in [0.3, 0.4) is 0 Å². The van der Waals surface area contributed by atoms with Gasteiger partial charge in [-0.05, 0) is 33.6 Å². The lowest BCUT2D eigenvalue weighted by Crippen LogP contribution is -2.53. The normalized spacial score (nSPS) is 13.1. The van der Waals surface area contributed by atoms with Gasteiger partial charge in [0.2, 0.25) is 0 Å². The summed E-state index contributed by atoms with van der Waals surface area (Å²) in [5.74, 6) is 0. The first-order valence-corrected chi connectivity index (χ1v) is 8.38. The third-order valence-electron chi connectivity index (χ3n) is 2.65. The fraction of sp³-hybridized carbons (Fsp3) is 1.00. The first kappa shape index (κ1) is 17.0. The van der Waals surface area contributed by atoms with Crippen LogP contribution in [0.1, 0.15) is 40.5 Å². The van der Waals surface area contributed by atoms with Gasteiger partial charge in [-0.25, -0.2) is 0 Å². The predicted molar refractivity (Wildman–Crippen MR) is 71.5 cm³/mol. The molecule has 0 aromatic rings. The Hall–Kier alpha value is 0.0169. The largest absolute Gasteiger partial charge is 0.501 e. The van der Waals surface area contributed by atoms with Crippen molar-refractivity contribution in [1.82, 2.24) is 0 Å². The van der Waals surface area contributed by atoms with Gasteiger partial charge in [0.1, 0.15) is 0 Å². The van der Waals surface area contributed by atoms with Gasteiger partial charge in [0.15, 0.2) is 0 Å². The van der Waals surface area contributed by atoms with E-state index in [1.807, 2.05) is 27.7 Å². The first-order chi connectivity index (χ1) is 7.95. The maximum atomic E-state index is 5.95. The summed E-state index contributed by atoms with van der Waals surface area (Å²) in [5, 5.41) is 0. The lowest BCUT2D eigenvalue weighted by molar-refractivity contribution is 0.0689. The Bertz CT molecular complexity index is 186. The lowest BCUT2D eigenvalue weighted by atomic mass is 10.1. The van der Waals surface area contributed by atoms with Crippen LogP contribution in [0.5, 0.6) is 0 Å². The van der Waals surface area contributed by atoms with Crippen molar-refractivity contribution in [3.05, 3.63) is 0 Å². The van der Waals surface area contributed by atoms with Crippen molar-refractivity contribution >= 4 is 8.80 Å². The molecule has 0 saturated carbocycles. The van der Waals surface area contributed by atoms with Crippen LogP contribution in [0.4, 0.5) is 0 Å². The van der Waals surface area contributed by atoms with Gasteiger partial charge in [0.25, 0.3) is 0 Å². The maximum Gasteiger partial charge on any atom is 0.501 e. The predicted octanol–water partition coefficient (Wildman–Crippen LogP) is 1.45. The Kier molecular flexibility index (Phi) is 8.19. The Balaban J connectivity index is 4.53. The molecule has 0 fully saturated rings. The molecule has 0 radical (unpaired) electrons. The highest BCUT2D eigenvalue weighted by Crippen LogP contribution is 2.21. The van der Waals surface area contributed by atoms with Gasteiger partial charge < -0.3 is 24.7 Å². The molecule has 5 nitrogen and oxygen atoms in total. The zero-order chi connectivity index (χ0) is 13.4. The standard InChI is InChI=1S/C11H28N2O3Si/c1-5-11(12,13)9-10-17(14-6-2,15-7-3)16-8-4/h5-10,12-13H2,1-4H3. The van der Waals surface area contributed by atoms with Crippen molar-refractivity contribution in [2.45, 2.75) is 52.2 Å². The van der Waals surface area contributed by atoms with Crippen molar-refractivity contribution in [2.75, 3.05) is 19.8 Å². The highest BCUT2D eigenvalue weighted by molar-refractivity contribution is 6.60. The summed E-state index contributed by atoms with van der Waals surface area (Å²) in [6, 6.07) is 0.670. The summed E-state index contributed by atoms with van der Waals surface area (Å²) in [6.07, 6.45) is 1.37. The second kappa shape index (κ2) is 8.18. The molecule has 0 amide bonds. The molecule has 0 saturated heterocycles. The molecular formula is C11H28N2O3Si. The fourth-order valence-electron chi connectivity index (χ4n) is 1.56. The summed E-state index contributed by atoms with van der Waals surface area (Å²) in [6.45, 7) is 9.56. The topological polar surface area (TPSA) is 79.7 Å². The average Bonchev–Trinajstić information content (AvgIpc) is 2.28. The number of hydrogen-bond donors (Lipinski definition) is 2. The Morgan fingerprint density at radius 1 is 0.882 bits per heavy atom. The molecule has 104 valence electrons. The maximum absolute atomic E-state index is 5.95. The average molecular weight is 264 g/mol. The van der Waals surface area contributed by atoms with Crippen LogP contribution in [-0.2, 0) is 13.3 Å². The van der Waals surface area contributed by atoms with Gasteiger partial charge in [0.05, 0.1) is 5.66 Å². The van der Waals surface area contributed by atoms with E-state index in [2.05, 4.69) is 0 Å². The van der Waals surface area contributed by atoms with Gasteiger partial charge >= 0.3 is 8.80 Å². The molecule has 6 heteroatoms. The molecule has 17 heavy (non-hydrogen) atoms. The van der Waals surface area contributed by atoms with E-state index >= 15 is 0 Å². The van der Waals surface area contributed by atoms with Gasteiger partial charge in [-0.15, -0.1) is 0 Å². The van der Waals surface area contributed by atoms with E-state index in [0.29, 0.717) is 32.3 Å². The lowest BCUT2D eigenvalue weighted by Gasteiger charge is -2.31. The van der Waals surface area contributed by atoms with Crippen molar-refractivity contribution in [3.8, 4) is 0 Å². The summed E-state index contributed by atoms with van der Waals surface area (Å²) in [5.41, 5.74) is 11.2. The van der Waals surface area contributed by atoms with Crippen LogP contribution < -0.4 is 11.5 Å². The monoisotopic (exact) mass is 264 g/mol. The summed E-state index contributed by atoms with van der Waals surface area (Å²) < 4.78 is 17.2. The summed E-state index contributed by atoms with van der Waals surface area (Å²) in [4.78, 5) is 0. The van der Waals surface area contributed by atoms with Crippen molar-refractivity contribution < 1.29 is 13.3 Å². The van der Waals surface area contributed by atoms with E-state index in [1.54, 1.807) is 0 Å². The number of nitrogens with two attached hydrogens (primary N) is 2. The third kappa shape index (κ3) is 6.49. The van der Waals surface area contributed by atoms with Crippen LogP contribution in [0.15, 0.2) is 0 Å². The molecule has 0 spiro atoms. The zero-order valence-electron chi connectivity index (χ0n) is 11.6. The molecule has 0 aromatic carbocycles. The second-order valence-electron chi connectivity index (χ2n) is 4.07. The third-order valence-corrected chi connectivity index (χ3v) is 5.70. The van der Waals surface area contributed by atoms with Crippen molar-refractivity contribution in [2.24, 2.45) is 11.5 Å². The molecule has 0 aliphatic heterocycles. The molecule has 4 N–H and O–H groups in total. The molecule has 0 aromatic heterocycles. The van der Waals surface area contributed by atoms with Crippen LogP contribution >= 0.6 is 0 Å². The van der Waals surface area contributed by atoms with E-state index < -0.39 is 14.5 Å². The summed E-state index contributed by atoms with van der Waals surface area (Å²) in [7, 11) is -2.58. The highest BCUT2D eigenvalue weighted by atomic mass is 28.4. The van der Waals surface area contributed by atoms with Gasteiger partial charge in [-0.3, -0.25) is 0 Å². The second-order valence-corrected chi connectivity index (χ2v) is 6.80. The molecular weight excluding hydrogens is 236 g/mol. The minimum Gasteiger partial charge on any atom is -0.374 e. The quantitative estimate of drug-likeness (QED) is 0.461. The van der Waals surface area contributed by atoms with Gasteiger partial charge in [0, 0.05) is 25.9 Å². The van der Waals surface area contributed by atoms with Crippen LogP contribution in [0.25, 0.3) is 0 Å². The van der Waals surface area contributed by atoms with Crippen molar-refractivity contribution in [1.29, 1.82) is 0 Å². The molecule has 0 unspecified atom stereocenters. The zero-order valence-corrected chi connectivity index (χ0v) is 12.6. The SMILES string of the molecule is CCO[Si](CCC(N)(N)CC)(OCC)OCC. The van der Waals surface area contributed by atoms with Gasteiger partial charge in [-0.2, -0.15) is 0 Å². The van der Waals surface area contributed by atoms with E-state index in [9.17, 15) is 0 Å². The van der Waals surface area contributed by atoms with Crippen LogP contribution in [0.2, 0.25) is 6.04 Å². The Morgan fingerprint density at radius 3 is 1.59 bits per heavy atom. The number of rotatable bonds is 10. The number of hydrogen-bond acceptors (Lipinski definition) is 5. The fourth-order valence-corrected chi connectivity index (χ4v) is 4.34. The van der Waals surface area contributed by atoms with E-state index in [1.165, 1.54) is 0 Å². The Morgan fingerprint density at radius 2 is 1.29 bits per heavy atom. The minimum atomic E-state index is -2.58. The van der Waals surface area contributed by atoms with Gasteiger partial charge in [-0.1, -0.05) is 6.92 Å². The molecule has 0 bridgehead atoms. The van der Waals surface area contributed by atoms with E-state index in [4.69, 9.17) is 24.7 Å². The van der Waals surface area contributed by atoms with Crippen LogP contribution in [-0.4, -0.2) is 34.3 Å². The first-order valence-electron chi connectivity index (χ1n) is 6.44. The minimum absolute atomic E-state index is 0.584. The molecule has 0 heterocycles. The molecule has 0 atom stereocenters. The highest BCUT2D eigenvalue weighted by Gasteiger charge is 2.41. The summed E-state index contributed by atoms with van der Waals surface area (Å²) >= 11 is 0. The van der Waals surface area contributed by atoms with E-state index in [0.717, 1.165) is 6.42 Å². The van der Waals surface area contributed by atoms with Crippen LogP contribution in [0, 0.1) is 0 Å². The molecule has 0 aliphatic rings. The Labute approximate surface area is 106 Å². The molecule has 0 rings (SSSR count). The van der Waals surface area contributed by atoms with E-state index in [-0.39, 0.29) is 0 Å². The molecule has 0 aliphatic carbocycles.